The molecule has 12 nitrogen and oxygen atoms in total. The zero-order chi connectivity index (χ0) is 56.1. The van der Waals surface area contributed by atoms with Crippen molar-refractivity contribution in [1.82, 2.24) is 0 Å². The molecule has 0 saturated carbocycles. The van der Waals surface area contributed by atoms with Crippen LogP contribution in [0.25, 0.3) is 0 Å². The molecule has 0 aliphatic carbocycles. The van der Waals surface area contributed by atoms with Gasteiger partial charge in [0, 0.05) is 19.3 Å². The van der Waals surface area contributed by atoms with Crippen LogP contribution in [0.3, 0.4) is 0 Å². The summed E-state index contributed by atoms with van der Waals surface area (Å²) in [6.45, 7) is 5.64. The molecule has 0 aromatic rings. The molecule has 6 atom stereocenters. The number of hydrogen-bond donors (Lipinski definition) is 3. The van der Waals surface area contributed by atoms with Gasteiger partial charge in [0.25, 0.3) is 0 Å². The number of aliphatic hydroxyl groups is 2. The number of carbonyl (C=O) groups is 4. The monoisotopic (exact) mass is 1070 g/mol. The predicted molar refractivity (Wildman–Crippen MR) is 312 cm³/mol. The van der Waals surface area contributed by atoms with Gasteiger partial charge in [-0.3, -0.25) is 14.4 Å². The number of hydrogen-bond acceptors (Lipinski definition) is 11. The molecule has 6 unspecified atom stereocenters. The molecule has 1 saturated heterocycles. The number of unbranched alkanes of at least 4 members (excludes halogenated alkanes) is 14. The number of esters is 3. The first kappa shape index (κ1) is 70.1. The van der Waals surface area contributed by atoms with Gasteiger partial charge < -0.3 is 39.0 Å². The normalized spacial score (nSPS) is 18.9. The van der Waals surface area contributed by atoms with Crippen LogP contribution in [0.1, 0.15) is 213 Å². The highest BCUT2D eigenvalue weighted by Gasteiger charge is 2.50. The largest absolute Gasteiger partial charge is 0.479 e. The fourth-order valence-corrected chi connectivity index (χ4v) is 8.03. The molecular weight excluding hydrogens is 973 g/mol. The van der Waals surface area contributed by atoms with Crippen LogP contribution in [-0.2, 0) is 42.9 Å². The van der Waals surface area contributed by atoms with E-state index in [9.17, 15) is 34.5 Å². The molecule has 1 fully saturated rings. The zero-order valence-corrected chi connectivity index (χ0v) is 47.7. The topological polar surface area (TPSA) is 175 Å². The maximum Gasteiger partial charge on any atom is 0.335 e. The summed E-state index contributed by atoms with van der Waals surface area (Å²) in [5.41, 5.74) is 0. The van der Waals surface area contributed by atoms with Crippen molar-refractivity contribution in [2.75, 3.05) is 13.2 Å². The Bertz CT molecular complexity index is 1800. The molecule has 1 heterocycles. The fraction of sp³-hybridized carbons (Fsp3) is 0.631. The third kappa shape index (κ3) is 41.8. The van der Waals surface area contributed by atoms with Crippen LogP contribution in [0.5, 0.6) is 0 Å². The molecule has 1 aliphatic heterocycles. The molecule has 77 heavy (non-hydrogen) atoms. The van der Waals surface area contributed by atoms with Crippen LogP contribution < -0.4 is 0 Å². The number of carboxylic acid groups (broad SMARTS) is 1. The van der Waals surface area contributed by atoms with Gasteiger partial charge in [0.1, 0.15) is 18.8 Å². The third-order valence-corrected chi connectivity index (χ3v) is 12.5. The Morgan fingerprint density at radius 2 is 0.844 bits per heavy atom. The molecule has 0 spiro atoms. The van der Waals surface area contributed by atoms with Crippen molar-refractivity contribution >= 4 is 23.9 Å². The van der Waals surface area contributed by atoms with Gasteiger partial charge in [-0.25, -0.2) is 4.79 Å². The van der Waals surface area contributed by atoms with Crippen LogP contribution in [0.15, 0.2) is 122 Å². The predicted octanol–water partition coefficient (Wildman–Crippen LogP) is 15.2. The van der Waals surface area contributed by atoms with Gasteiger partial charge >= 0.3 is 23.9 Å². The van der Waals surface area contributed by atoms with Gasteiger partial charge in [-0.05, 0) is 109 Å². The Morgan fingerprint density at radius 3 is 1.31 bits per heavy atom. The van der Waals surface area contributed by atoms with E-state index in [-0.39, 0.29) is 25.9 Å². The van der Waals surface area contributed by atoms with Crippen LogP contribution in [0.4, 0.5) is 0 Å². The van der Waals surface area contributed by atoms with Crippen molar-refractivity contribution in [2.45, 2.75) is 250 Å². The molecule has 0 aromatic carbocycles. The Balaban J connectivity index is 2.72. The van der Waals surface area contributed by atoms with E-state index < -0.39 is 67.3 Å². The van der Waals surface area contributed by atoms with E-state index in [1.54, 1.807) is 0 Å². The smallest absolute Gasteiger partial charge is 0.335 e. The lowest BCUT2D eigenvalue weighted by Gasteiger charge is -2.40. The first-order chi connectivity index (χ1) is 37.6. The van der Waals surface area contributed by atoms with Crippen molar-refractivity contribution in [3.8, 4) is 0 Å². The SMILES string of the molecule is CC/C=C\C/C=C\C/C=C\C/C=C\C/C=C\C/C=C\CCC(=O)OCC(COC1OC(C(=O)O)C(O)C(O)C1OC(=O)CCCCCCCCC/C=C\C/C=C\C/C=C\CC)OC(=O)CCCCCCC/C=C\CCCC. The van der Waals surface area contributed by atoms with Crippen molar-refractivity contribution < 1.29 is 58.2 Å². The summed E-state index contributed by atoms with van der Waals surface area (Å²) in [5, 5.41) is 31.5. The number of carboxylic acids is 1. The second-order valence-corrected chi connectivity index (χ2v) is 19.5. The van der Waals surface area contributed by atoms with Crippen molar-refractivity contribution in [3.05, 3.63) is 122 Å². The summed E-state index contributed by atoms with van der Waals surface area (Å²) in [6.07, 6.45) is 59.0. The quantitative estimate of drug-likeness (QED) is 0.0228. The second-order valence-electron chi connectivity index (χ2n) is 19.5. The van der Waals surface area contributed by atoms with Crippen molar-refractivity contribution in [2.24, 2.45) is 0 Å². The molecule has 0 aromatic heterocycles. The standard InChI is InChI=1S/C65H102O12/c1-4-7-10-13-16-19-22-24-26-28-29-31-32-34-37-39-42-45-48-51-57(66)73-54-56(75-58(67)52-49-46-43-40-36-21-18-15-12-9-6-3)55-74-65-63(61(70)60(69)62(77-65)64(71)72)76-59(68)53-50-47-44-41-38-35-33-30-27-25-23-20-17-14-11-8-5-2/h7-8,10-11,15-20,24-27,29,31,34,37,42,45,56,60-63,65,69-70H,4-6,9,12-14,21-23,28,30,32-33,35-36,38-41,43-44,46-55H2,1-3H3,(H,71,72)/b10-7-,11-8-,18-15-,19-16-,20-17-,26-24-,27-25-,31-29-,37-34-,45-42-. The van der Waals surface area contributed by atoms with Gasteiger partial charge in [0.15, 0.2) is 24.6 Å². The number of carbonyl (C=O) groups excluding carboxylic acids is 3. The Labute approximate surface area is 465 Å². The maximum absolute atomic E-state index is 13.1. The molecule has 3 N–H and O–H groups in total. The summed E-state index contributed by atoms with van der Waals surface area (Å²) >= 11 is 0. The first-order valence-electron chi connectivity index (χ1n) is 29.5. The van der Waals surface area contributed by atoms with E-state index in [1.165, 1.54) is 12.8 Å². The number of ether oxygens (including phenoxy) is 5. The van der Waals surface area contributed by atoms with Gasteiger partial charge in [-0.2, -0.15) is 0 Å². The number of rotatable bonds is 48. The molecule has 0 amide bonds. The van der Waals surface area contributed by atoms with E-state index in [1.807, 2.05) is 12.2 Å². The van der Waals surface area contributed by atoms with Crippen LogP contribution in [0, 0.1) is 0 Å². The summed E-state index contributed by atoms with van der Waals surface area (Å²) in [5.74, 6) is -3.27. The highest BCUT2D eigenvalue weighted by atomic mass is 16.7. The van der Waals surface area contributed by atoms with Crippen molar-refractivity contribution in [3.63, 3.8) is 0 Å². The number of aliphatic carboxylic acids is 1. The lowest BCUT2D eigenvalue weighted by atomic mass is 9.98. The molecule has 434 valence electrons. The Kier molecular flexibility index (Phi) is 47.2. The van der Waals surface area contributed by atoms with Crippen LogP contribution in [-0.4, -0.2) is 89.2 Å². The molecule has 1 rings (SSSR count). The highest BCUT2D eigenvalue weighted by molar-refractivity contribution is 5.74. The van der Waals surface area contributed by atoms with E-state index in [0.717, 1.165) is 141 Å². The average molecular weight is 1080 g/mol. The van der Waals surface area contributed by atoms with Gasteiger partial charge in [-0.1, -0.05) is 206 Å². The fourth-order valence-electron chi connectivity index (χ4n) is 8.03. The molecule has 0 bridgehead atoms. The second kappa shape index (κ2) is 51.9. The molecular formula is C65H102O12. The summed E-state index contributed by atoms with van der Waals surface area (Å²) in [4.78, 5) is 51.1. The third-order valence-electron chi connectivity index (χ3n) is 12.5. The molecule has 1 aliphatic rings. The average Bonchev–Trinajstić information content (AvgIpc) is 3.41. The molecule has 0 radical (unpaired) electrons. The lowest BCUT2D eigenvalue weighted by molar-refractivity contribution is -0.301. The Hall–Kier alpha value is -4.88. The van der Waals surface area contributed by atoms with Gasteiger partial charge in [0.05, 0.1) is 6.61 Å². The minimum Gasteiger partial charge on any atom is -0.479 e. The van der Waals surface area contributed by atoms with E-state index in [2.05, 4.69) is 130 Å². The minimum atomic E-state index is -1.92. The number of aliphatic hydroxyl groups excluding tert-OH is 2. The summed E-state index contributed by atoms with van der Waals surface area (Å²) in [7, 11) is 0. The Morgan fingerprint density at radius 1 is 0.442 bits per heavy atom. The summed E-state index contributed by atoms with van der Waals surface area (Å²) in [6, 6.07) is 0. The minimum absolute atomic E-state index is 0.0351. The number of allylic oxidation sites excluding steroid dienone is 20. The van der Waals surface area contributed by atoms with Gasteiger partial charge in [0.2, 0.25) is 0 Å². The lowest BCUT2D eigenvalue weighted by Crippen LogP contribution is -2.61. The van der Waals surface area contributed by atoms with Crippen LogP contribution >= 0.6 is 0 Å². The highest BCUT2D eigenvalue weighted by Crippen LogP contribution is 2.26. The van der Waals surface area contributed by atoms with Crippen LogP contribution in [0.2, 0.25) is 0 Å². The van der Waals surface area contributed by atoms with E-state index >= 15 is 0 Å². The molecule has 12 heteroatoms. The maximum atomic E-state index is 13.1. The van der Waals surface area contributed by atoms with E-state index in [4.69, 9.17) is 23.7 Å². The first-order valence-corrected chi connectivity index (χ1v) is 29.5. The van der Waals surface area contributed by atoms with Crippen molar-refractivity contribution in [1.29, 1.82) is 0 Å². The van der Waals surface area contributed by atoms with E-state index in [0.29, 0.717) is 19.3 Å². The van der Waals surface area contributed by atoms with Gasteiger partial charge in [-0.15, -0.1) is 0 Å². The zero-order valence-electron chi connectivity index (χ0n) is 47.7. The summed E-state index contributed by atoms with van der Waals surface area (Å²) < 4.78 is 28.3.